The van der Waals surface area contributed by atoms with Gasteiger partial charge in [-0.25, -0.2) is 0 Å². The second kappa shape index (κ2) is 6.14. The Morgan fingerprint density at radius 2 is 2.18 bits per heavy atom. The molecule has 1 aliphatic rings. The largest absolute Gasteiger partial charge is 0.389 e. The second-order valence-corrected chi connectivity index (χ2v) is 6.14. The first kappa shape index (κ1) is 14.9. The van der Waals surface area contributed by atoms with Gasteiger partial charge in [0.15, 0.2) is 0 Å². The lowest BCUT2D eigenvalue weighted by Crippen LogP contribution is -2.43. The average Bonchev–Trinajstić information content (AvgIpc) is 2.45. The molecule has 1 fully saturated rings. The molecular weight excluding hydrogens is 216 g/mol. The molecule has 0 amide bonds. The van der Waals surface area contributed by atoms with Crippen molar-refractivity contribution < 1.29 is 9.84 Å². The number of aliphatic hydroxyl groups excluding tert-OH is 1. The number of rotatable bonds is 6. The summed E-state index contributed by atoms with van der Waals surface area (Å²) in [7, 11) is 3.65. The SMILES string of the molecule is COCC(O)CN(C)CC1CCC(C)(C)C1N. The topological polar surface area (TPSA) is 58.7 Å². The van der Waals surface area contributed by atoms with E-state index in [-0.39, 0.29) is 11.5 Å². The highest BCUT2D eigenvalue weighted by molar-refractivity contribution is 4.94. The highest BCUT2D eigenvalue weighted by Crippen LogP contribution is 2.40. The Kier molecular flexibility index (Phi) is 5.38. The van der Waals surface area contributed by atoms with Gasteiger partial charge in [-0.1, -0.05) is 13.8 Å². The maximum absolute atomic E-state index is 9.66. The van der Waals surface area contributed by atoms with Gasteiger partial charge in [0.1, 0.15) is 0 Å². The third kappa shape index (κ3) is 4.21. The second-order valence-electron chi connectivity index (χ2n) is 6.14. The van der Waals surface area contributed by atoms with E-state index in [4.69, 9.17) is 10.5 Å². The Hall–Kier alpha value is -0.160. The molecule has 0 aliphatic heterocycles. The summed E-state index contributed by atoms with van der Waals surface area (Å²) in [5, 5.41) is 9.66. The maximum Gasteiger partial charge on any atom is 0.0899 e. The van der Waals surface area contributed by atoms with Crippen LogP contribution >= 0.6 is 0 Å². The molecule has 0 spiro atoms. The van der Waals surface area contributed by atoms with Crippen LogP contribution < -0.4 is 5.73 Å². The molecule has 1 aliphatic carbocycles. The van der Waals surface area contributed by atoms with Gasteiger partial charge in [0, 0.05) is 26.2 Å². The number of hydrogen-bond acceptors (Lipinski definition) is 4. The number of likely N-dealkylation sites (N-methyl/N-ethyl adjacent to an activating group) is 1. The van der Waals surface area contributed by atoms with Crippen LogP contribution in [-0.4, -0.2) is 56.0 Å². The molecule has 1 rings (SSSR count). The van der Waals surface area contributed by atoms with Crippen molar-refractivity contribution in [1.82, 2.24) is 4.90 Å². The van der Waals surface area contributed by atoms with Crippen LogP contribution in [0.3, 0.4) is 0 Å². The van der Waals surface area contributed by atoms with Gasteiger partial charge in [-0.3, -0.25) is 0 Å². The van der Waals surface area contributed by atoms with E-state index in [1.807, 2.05) is 7.05 Å². The molecule has 0 saturated heterocycles. The number of nitrogens with two attached hydrogens (primary N) is 1. The van der Waals surface area contributed by atoms with Crippen LogP contribution in [0, 0.1) is 11.3 Å². The van der Waals surface area contributed by atoms with E-state index in [0.29, 0.717) is 19.1 Å². The smallest absolute Gasteiger partial charge is 0.0899 e. The zero-order chi connectivity index (χ0) is 13.1. The van der Waals surface area contributed by atoms with Gasteiger partial charge in [0.05, 0.1) is 12.7 Å². The van der Waals surface area contributed by atoms with Crippen LogP contribution in [0.15, 0.2) is 0 Å². The lowest BCUT2D eigenvalue weighted by molar-refractivity contribution is 0.0396. The van der Waals surface area contributed by atoms with Crippen molar-refractivity contribution in [3.63, 3.8) is 0 Å². The first-order chi connectivity index (χ1) is 7.86. The molecule has 102 valence electrons. The molecule has 3 N–H and O–H groups in total. The number of nitrogens with zero attached hydrogens (tertiary/aromatic N) is 1. The van der Waals surface area contributed by atoms with Gasteiger partial charge in [-0.2, -0.15) is 0 Å². The summed E-state index contributed by atoms with van der Waals surface area (Å²) in [6.45, 7) is 6.50. The van der Waals surface area contributed by atoms with Gasteiger partial charge in [-0.05, 0) is 31.2 Å². The first-order valence-electron chi connectivity index (χ1n) is 6.48. The minimum atomic E-state index is -0.407. The fraction of sp³-hybridized carbons (Fsp3) is 1.00. The highest BCUT2D eigenvalue weighted by Gasteiger charge is 2.39. The quantitative estimate of drug-likeness (QED) is 0.722. The van der Waals surface area contributed by atoms with Crippen molar-refractivity contribution in [3.8, 4) is 0 Å². The number of ether oxygens (including phenoxy) is 1. The zero-order valence-electron chi connectivity index (χ0n) is 11.6. The van der Waals surface area contributed by atoms with Crippen LogP contribution in [-0.2, 0) is 4.74 Å². The highest BCUT2D eigenvalue weighted by atomic mass is 16.5. The van der Waals surface area contributed by atoms with E-state index in [9.17, 15) is 5.11 Å². The summed E-state index contributed by atoms with van der Waals surface area (Å²) in [6, 6.07) is 0.268. The molecule has 0 radical (unpaired) electrons. The molecule has 3 unspecified atom stereocenters. The summed E-state index contributed by atoms with van der Waals surface area (Å²) in [5.74, 6) is 0.546. The molecule has 0 heterocycles. The number of aliphatic hydroxyl groups is 1. The molecule has 4 nitrogen and oxygen atoms in total. The predicted octanol–water partition coefficient (Wildman–Crippen LogP) is 0.689. The molecule has 1 saturated carbocycles. The average molecular weight is 244 g/mol. The molecule has 3 atom stereocenters. The summed E-state index contributed by atoms with van der Waals surface area (Å²) >= 11 is 0. The standard InChI is InChI=1S/C13H28N2O2/c1-13(2)6-5-10(12(13)14)7-15(3)8-11(16)9-17-4/h10-12,16H,5-9,14H2,1-4H3. The first-order valence-corrected chi connectivity index (χ1v) is 6.48. The Balaban J connectivity index is 2.34. The Bertz CT molecular complexity index is 233. The van der Waals surface area contributed by atoms with Gasteiger partial charge in [-0.15, -0.1) is 0 Å². The normalized spacial score (nSPS) is 29.8. The minimum Gasteiger partial charge on any atom is -0.389 e. The lowest BCUT2D eigenvalue weighted by atomic mass is 9.85. The molecule has 0 aromatic heterocycles. The summed E-state index contributed by atoms with van der Waals surface area (Å²) < 4.78 is 4.93. The molecular formula is C13H28N2O2. The number of methoxy groups -OCH3 is 1. The fourth-order valence-corrected chi connectivity index (χ4v) is 2.83. The van der Waals surface area contributed by atoms with E-state index < -0.39 is 6.10 Å². The van der Waals surface area contributed by atoms with Crippen LogP contribution in [0.1, 0.15) is 26.7 Å². The van der Waals surface area contributed by atoms with Crippen LogP contribution in [0.4, 0.5) is 0 Å². The van der Waals surface area contributed by atoms with E-state index in [1.54, 1.807) is 7.11 Å². The minimum absolute atomic E-state index is 0.261. The van der Waals surface area contributed by atoms with Gasteiger partial charge >= 0.3 is 0 Å². The molecule has 0 aromatic rings. The van der Waals surface area contributed by atoms with Crippen molar-refractivity contribution in [2.24, 2.45) is 17.1 Å². The van der Waals surface area contributed by atoms with E-state index in [0.717, 1.165) is 6.54 Å². The summed E-state index contributed by atoms with van der Waals surface area (Å²) in [6.07, 6.45) is 1.99. The van der Waals surface area contributed by atoms with Crippen molar-refractivity contribution in [3.05, 3.63) is 0 Å². The van der Waals surface area contributed by atoms with Crippen LogP contribution in [0.25, 0.3) is 0 Å². The van der Waals surface area contributed by atoms with Crippen molar-refractivity contribution >= 4 is 0 Å². The van der Waals surface area contributed by atoms with Crippen molar-refractivity contribution in [2.45, 2.75) is 38.8 Å². The van der Waals surface area contributed by atoms with Gasteiger partial charge in [0.25, 0.3) is 0 Å². The Labute approximate surface area is 105 Å². The Morgan fingerprint density at radius 3 is 2.65 bits per heavy atom. The number of hydrogen-bond donors (Lipinski definition) is 2. The van der Waals surface area contributed by atoms with Crippen molar-refractivity contribution in [1.29, 1.82) is 0 Å². The summed E-state index contributed by atoms with van der Waals surface area (Å²) in [4.78, 5) is 2.16. The molecule has 0 aromatic carbocycles. The Morgan fingerprint density at radius 1 is 1.53 bits per heavy atom. The third-order valence-electron chi connectivity index (χ3n) is 4.00. The monoisotopic (exact) mass is 244 g/mol. The maximum atomic E-state index is 9.66. The van der Waals surface area contributed by atoms with Gasteiger partial charge < -0.3 is 20.5 Å². The third-order valence-corrected chi connectivity index (χ3v) is 4.00. The van der Waals surface area contributed by atoms with Crippen LogP contribution in [0.2, 0.25) is 0 Å². The van der Waals surface area contributed by atoms with Crippen LogP contribution in [0.5, 0.6) is 0 Å². The predicted molar refractivity (Wildman–Crippen MR) is 69.9 cm³/mol. The fourth-order valence-electron chi connectivity index (χ4n) is 2.83. The zero-order valence-corrected chi connectivity index (χ0v) is 11.6. The van der Waals surface area contributed by atoms with E-state index in [2.05, 4.69) is 18.7 Å². The van der Waals surface area contributed by atoms with Gasteiger partial charge in [0.2, 0.25) is 0 Å². The summed E-state index contributed by atoms with van der Waals surface area (Å²) in [5.41, 5.74) is 6.54. The van der Waals surface area contributed by atoms with E-state index in [1.165, 1.54) is 12.8 Å². The molecule has 17 heavy (non-hydrogen) atoms. The lowest BCUT2D eigenvalue weighted by Gasteiger charge is -2.30. The molecule has 0 bridgehead atoms. The van der Waals surface area contributed by atoms with Crippen molar-refractivity contribution in [2.75, 3.05) is 33.9 Å². The van der Waals surface area contributed by atoms with E-state index >= 15 is 0 Å². The molecule has 4 heteroatoms.